The number of rotatable bonds is 2. The van der Waals surface area contributed by atoms with Crippen molar-refractivity contribution in [2.24, 2.45) is 5.92 Å². The Morgan fingerprint density at radius 3 is 2.40 bits per heavy atom. The van der Waals surface area contributed by atoms with Crippen molar-refractivity contribution in [2.45, 2.75) is 43.9 Å². The molecule has 1 heterocycles. The highest BCUT2D eigenvalue weighted by molar-refractivity contribution is 5.77. The number of hydrogen-bond donors (Lipinski definition) is 0. The maximum Gasteiger partial charge on any atom is 0.222 e. The molecule has 0 aromatic heterocycles. The van der Waals surface area contributed by atoms with Crippen molar-refractivity contribution in [3.8, 4) is 0 Å². The molecule has 3 aliphatic rings. The highest BCUT2D eigenvalue weighted by atomic mass is 16.2. The molecule has 2 aromatic carbocycles. The van der Waals surface area contributed by atoms with Crippen LogP contribution in [0.5, 0.6) is 0 Å². The molecule has 1 unspecified atom stereocenters. The molecule has 5 rings (SSSR count). The third-order valence-corrected chi connectivity index (χ3v) is 6.77. The van der Waals surface area contributed by atoms with E-state index in [-0.39, 0.29) is 5.41 Å². The average Bonchev–Trinajstić information content (AvgIpc) is 3.33. The van der Waals surface area contributed by atoms with Crippen molar-refractivity contribution in [3.63, 3.8) is 0 Å². The van der Waals surface area contributed by atoms with Crippen LogP contribution in [0.3, 0.4) is 0 Å². The van der Waals surface area contributed by atoms with Gasteiger partial charge in [-0.3, -0.25) is 4.79 Å². The number of aryl methyl sites for hydroxylation is 1. The normalized spacial score (nSPS) is 24.7. The van der Waals surface area contributed by atoms with Crippen molar-refractivity contribution in [1.29, 1.82) is 0 Å². The Kier molecular flexibility index (Phi) is 3.48. The Hall–Kier alpha value is -2.09. The summed E-state index contributed by atoms with van der Waals surface area (Å²) in [4.78, 5) is 15.1. The molecule has 1 spiro atoms. The van der Waals surface area contributed by atoms with Crippen LogP contribution in [0.25, 0.3) is 0 Å². The van der Waals surface area contributed by atoms with Gasteiger partial charge in [0, 0.05) is 24.9 Å². The van der Waals surface area contributed by atoms with Crippen LogP contribution in [0.15, 0.2) is 48.5 Å². The van der Waals surface area contributed by atoms with Crippen LogP contribution >= 0.6 is 0 Å². The standard InChI is InChI=1S/C23H25NO/c25-22(15-17-13-19-6-1-2-7-20(19)14-17)24-12-11-23(16-24)10-9-18-5-3-4-8-21(18)23/h1-8,17H,9-16H2. The predicted molar refractivity (Wildman–Crippen MR) is 99.6 cm³/mol. The Bertz CT molecular complexity index is 801. The monoisotopic (exact) mass is 331 g/mol. The molecule has 1 amide bonds. The lowest BCUT2D eigenvalue weighted by Crippen LogP contribution is -2.34. The lowest BCUT2D eigenvalue weighted by Gasteiger charge is -2.26. The van der Waals surface area contributed by atoms with E-state index in [0.29, 0.717) is 18.2 Å². The summed E-state index contributed by atoms with van der Waals surface area (Å²) in [5, 5.41) is 0. The third-order valence-electron chi connectivity index (χ3n) is 6.77. The summed E-state index contributed by atoms with van der Waals surface area (Å²) in [6.45, 7) is 1.87. The van der Waals surface area contributed by atoms with Crippen molar-refractivity contribution < 1.29 is 4.79 Å². The molecular formula is C23H25NO. The molecule has 2 heteroatoms. The number of amides is 1. The second kappa shape index (κ2) is 5.72. The third kappa shape index (κ3) is 2.50. The van der Waals surface area contributed by atoms with Crippen LogP contribution in [-0.4, -0.2) is 23.9 Å². The van der Waals surface area contributed by atoms with Gasteiger partial charge in [0.1, 0.15) is 0 Å². The molecule has 2 aromatic rings. The first kappa shape index (κ1) is 15.2. The molecule has 0 radical (unpaired) electrons. The smallest absolute Gasteiger partial charge is 0.222 e. The SMILES string of the molecule is O=C(CC1Cc2ccccc2C1)N1CCC2(CCc3ccccc32)C1. The van der Waals surface area contributed by atoms with Crippen LogP contribution in [0.4, 0.5) is 0 Å². The summed E-state index contributed by atoms with van der Waals surface area (Å²) < 4.78 is 0. The number of fused-ring (bicyclic) bond motifs is 3. The largest absolute Gasteiger partial charge is 0.342 e. The van der Waals surface area contributed by atoms with Gasteiger partial charge in [-0.2, -0.15) is 0 Å². The maximum absolute atomic E-state index is 12.9. The van der Waals surface area contributed by atoms with E-state index < -0.39 is 0 Å². The molecule has 0 bridgehead atoms. The Labute approximate surface area is 149 Å². The summed E-state index contributed by atoms with van der Waals surface area (Å²) in [6.07, 6.45) is 6.39. The van der Waals surface area contributed by atoms with E-state index in [2.05, 4.69) is 53.4 Å². The van der Waals surface area contributed by atoms with Gasteiger partial charge in [-0.15, -0.1) is 0 Å². The first-order valence-corrected chi connectivity index (χ1v) is 9.66. The summed E-state index contributed by atoms with van der Waals surface area (Å²) in [6, 6.07) is 17.5. The Morgan fingerprint density at radius 2 is 1.64 bits per heavy atom. The molecular weight excluding hydrogens is 306 g/mol. The zero-order valence-electron chi connectivity index (χ0n) is 14.7. The number of benzene rings is 2. The molecule has 1 atom stereocenters. The van der Waals surface area contributed by atoms with E-state index in [1.54, 1.807) is 0 Å². The second-order valence-electron chi connectivity index (χ2n) is 8.25. The number of likely N-dealkylation sites (tertiary alicyclic amines) is 1. The molecule has 2 nitrogen and oxygen atoms in total. The number of carbonyl (C=O) groups is 1. The van der Waals surface area contributed by atoms with Gasteiger partial charge in [-0.1, -0.05) is 48.5 Å². The van der Waals surface area contributed by atoms with Crippen LogP contribution < -0.4 is 0 Å². The molecule has 0 saturated carbocycles. The van der Waals surface area contributed by atoms with Gasteiger partial charge in [0.05, 0.1) is 0 Å². The summed E-state index contributed by atoms with van der Waals surface area (Å²) in [5.74, 6) is 0.872. The maximum atomic E-state index is 12.9. The summed E-state index contributed by atoms with van der Waals surface area (Å²) in [7, 11) is 0. The van der Waals surface area contributed by atoms with E-state index in [0.717, 1.165) is 32.4 Å². The van der Waals surface area contributed by atoms with Crippen molar-refractivity contribution in [2.75, 3.05) is 13.1 Å². The Balaban J connectivity index is 1.26. The van der Waals surface area contributed by atoms with Crippen molar-refractivity contribution >= 4 is 5.91 Å². The summed E-state index contributed by atoms with van der Waals surface area (Å²) in [5.41, 5.74) is 6.15. The van der Waals surface area contributed by atoms with E-state index >= 15 is 0 Å². The molecule has 2 aliphatic carbocycles. The molecule has 1 saturated heterocycles. The van der Waals surface area contributed by atoms with E-state index in [1.165, 1.54) is 35.1 Å². The Morgan fingerprint density at radius 1 is 0.960 bits per heavy atom. The van der Waals surface area contributed by atoms with Gasteiger partial charge in [0.2, 0.25) is 5.91 Å². The highest BCUT2D eigenvalue weighted by Gasteiger charge is 2.45. The first-order valence-electron chi connectivity index (χ1n) is 9.66. The molecule has 0 N–H and O–H groups in total. The summed E-state index contributed by atoms with van der Waals surface area (Å²) >= 11 is 0. The van der Waals surface area contributed by atoms with Crippen LogP contribution in [-0.2, 0) is 29.5 Å². The van der Waals surface area contributed by atoms with Gasteiger partial charge in [0.15, 0.2) is 0 Å². The highest BCUT2D eigenvalue weighted by Crippen LogP contribution is 2.45. The van der Waals surface area contributed by atoms with Crippen LogP contribution in [0.2, 0.25) is 0 Å². The van der Waals surface area contributed by atoms with Crippen molar-refractivity contribution in [3.05, 3.63) is 70.8 Å². The fraction of sp³-hybridized carbons (Fsp3) is 0.435. The van der Waals surface area contributed by atoms with Gasteiger partial charge in [-0.05, 0) is 60.3 Å². The quantitative estimate of drug-likeness (QED) is 0.817. The van der Waals surface area contributed by atoms with E-state index in [1.807, 2.05) is 0 Å². The zero-order valence-corrected chi connectivity index (χ0v) is 14.7. The fourth-order valence-corrected chi connectivity index (χ4v) is 5.44. The topological polar surface area (TPSA) is 20.3 Å². The molecule has 1 aliphatic heterocycles. The zero-order chi connectivity index (χ0) is 16.9. The number of hydrogen-bond acceptors (Lipinski definition) is 1. The lowest BCUT2D eigenvalue weighted by molar-refractivity contribution is -0.131. The fourth-order valence-electron chi connectivity index (χ4n) is 5.44. The first-order chi connectivity index (χ1) is 12.2. The van der Waals surface area contributed by atoms with Crippen LogP contribution in [0.1, 0.15) is 41.5 Å². The van der Waals surface area contributed by atoms with Gasteiger partial charge >= 0.3 is 0 Å². The minimum atomic E-state index is 0.241. The molecule has 25 heavy (non-hydrogen) atoms. The minimum absolute atomic E-state index is 0.241. The van der Waals surface area contributed by atoms with Crippen LogP contribution in [0, 0.1) is 5.92 Å². The van der Waals surface area contributed by atoms with E-state index in [4.69, 9.17) is 0 Å². The predicted octanol–water partition coefficient (Wildman–Crippen LogP) is 3.91. The molecule has 1 fully saturated rings. The second-order valence-corrected chi connectivity index (χ2v) is 8.25. The number of carbonyl (C=O) groups excluding carboxylic acids is 1. The molecule has 128 valence electrons. The van der Waals surface area contributed by atoms with Gasteiger partial charge in [0.25, 0.3) is 0 Å². The average molecular weight is 331 g/mol. The minimum Gasteiger partial charge on any atom is -0.342 e. The number of nitrogens with zero attached hydrogens (tertiary/aromatic N) is 1. The van der Waals surface area contributed by atoms with E-state index in [9.17, 15) is 4.79 Å². The lowest BCUT2D eigenvalue weighted by atomic mass is 9.81. The van der Waals surface area contributed by atoms with Crippen molar-refractivity contribution in [1.82, 2.24) is 4.90 Å². The van der Waals surface area contributed by atoms with Gasteiger partial charge in [-0.25, -0.2) is 0 Å². The van der Waals surface area contributed by atoms with Gasteiger partial charge < -0.3 is 4.90 Å².